The fourth-order valence-corrected chi connectivity index (χ4v) is 4.50. The van der Waals surface area contributed by atoms with Crippen LogP contribution in [0, 0.1) is 0 Å². The van der Waals surface area contributed by atoms with Crippen LogP contribution in [-0.4, -0.2) is 48.4 Å². The highest BCUT2D eigenvalue weighted by atomic mass is 32.2. The zero-order chi connectivity index (χ0) is 30.6. The van der Waals surface area contributed by atoms with Crippen LogP contribution in [0.25, 0.3) is 0 Å². The highest BCUT2D eigenvalue weighted by molar-refractivity contribution is 7.91. The molecular formula is C26H23F6N3O5S. The minimum absolute atomic E-state index is 0.0981. The number of sulfone groups is 1. The van der Waals surface area contributed by atoms with Gasteiger partial charge in [-0.25, -0.2) is 8.42 Å². The summed E-state index contributed by atoms with van der Waals surface area (Å²) in [6.45, 7) is 1.42. The number of amides is 2. The van der Waals surface area contributed by atoms with E-state index in [1.165, 1.54) is 19.1 Å². The van der Waals surface area contributed by atoms with Crippen molar-refractivity contribution in [3.8, 4) is 0 Å². The minimum atomic E-state index is -6.09. The third-order valence-electron chi connectivity index (χ3n) is 5.96. The average molecular weight is 604 g/mol. The van der Waals surface area contributed by atoms with Gasteiger partial charge in [-0.05, 0) is 29.8 Å². The highest BCUT2D eigenvalue weighted by Crippen LogP contribution is 2.50. The molecule has 0 radical (unpaired) electrons. The summed E-state index contributed by atoms with van der Waals surface area (Å²) in [6, 6.07) is 11.3. The first kappa shape index (κ1) is 31.5. The smallest absolute Gasteiger partial charge is 0.369 e. The lowest BCUT2D eigenvalue weighted by atomic mass is 9.92. The molecule has 3 aromatic rings. The molecule has 3 rings (SSSR count). The van der Waals surface area contributed by atoms with Crippen molar-refractivity contribution in [3.63, 3.8) is 0 Å². The second-order valence-electron chi connectivity index (χ2n) is 8.76. The summed E-state index contributed by atoms with van der Waals surface area (Å²) in [4.78, 5) is 29.7. The van der Waals surface area contributed by atoms with Crippen molar-refractivity contribution in [3.05, 3.63) is 89.7 Å². The number of alkyl halides is 6. The number of anilines is 1. The number of carbonyl (C=O) groups excluding carboxylic acids is 2. The van der Waals surface area contributed by atoms with Crippen molar-refractivity contribution in [2.75, 3.05) is 11.1 Å². The summed E-state index contributed by atoms with van der Waals surface area (Å²) >= 11 is 0. The van der Waals surface area contributed by atoms with Crippen molar-refractivity contribution >= 4 is 27.3 Å². The van der Waals surface area contributed by atoms with Gasteiger partial charge in [0.25, 0.3) is 11.5 Å². The quantitative estimate of drug-likeness (QED) is 0.315. The highest BCUT2D eigenvalue weighted by Gasteiger charge is 2.71. The molecule has 0 aliphatic carbocycles. The summed E-state index contributed by atoms with van der Waals surface area (Å²) in [5.41, 5.74) is -6.45. The molecule has 3 N–H and O–H groups in total. The number of halogens is 6. The molecule has 1 unspecified atom stereocenters. The van der Waals surface area contributed by atoms with E-state index < -0.39 is 51.2 Å². The predicted octanol–water partition coefficient (Wildman–Crippen LogP) is 4.23. The van der Waals surface area contributed by atoms with Crippen LogP contribution in [0.4, 0.5) is 32.0 Å². The number of aromatic nitrogens is 1. The number of pyridine rings is 1. The standard InChI is InChI=1S/C26H23F6N3O5S/c1-2-41(39,40)19-12-13-20(33-15-19)22(35-21(36)14-16-6-4-3-5-7-16)23(37)34-18-10-8-17(9-11-18)24(38,25(27,28)29)26(30,31)32/h3-13,15,22,38H,2,14H2,1H3,(H,34,37)(H,35,36). The molecule has 1 atom stereocenters. The molecule has 2 amide bonds. The van der Waals surface area contributed by atoms with Gasteiger partial charge in [0.05, 0.1) is 22.8 Å². The van der Waals surface area contributed by atoms with Crippen LogP contribution >= 0.6 is 0 Å². The van der Waals surface area contributed by atoms with E-state index in [1.807, 2.05) is 0 Å². The van der Waals surface area contributed by atoms with Gasteiger partial charge >= 0.3 is 12.4 Å². The molecule has 0 bridgehead atoms. The Bertz CT molecular complexity index is 1460. The Morgan fingerprint density at radius 1 is 0.902 bits per heavy atom. The SMILES string of the molecule is CCS(=O)(=O)c1ccc(C(NC(=O)Cc2ccccc2)C(=O)Nc2ccc(C(O)(C(F)(F)F)C(F)(F)F)cc2)nc1. The number of hydrogen-bond donors (Lipinski definition) is 3. The Morgan fingerprint density at radius 2 is 1.49 bits per heavy atom. The summed E-state index contributed by atoms with van der Waals surface area (Å²) in [6.07, 6.45) is -11.3. The molecule has 220 valence electrons. The van der Waals surface area contributed by atoms with Gasteiger partial charge < -0.3 is 15.7 Å². The summed E-state index contributed by atoms with van der Waals surface area (Å²) in [5, 5.41) is 14.3. The van der Waals surface area contributed by atoms with E-state index in [9.17, 15) is 49.5 Å². The molecule has 0 fully saturated rings. The van der Waals surface area contributed by atoms with Gasteiger partial charge in [0.15, 0.2) is 15.9 Å². The summed E-state index contributed by atoms with van der Waals surface area (Å²) in [5.74, 6) is -1.85. The maximum atomic E-state index is 13.2. The molecule has 0 spiro atoms. The Balaban J connectivity index is 1.90. The monoisotopic (exact) mass is 603 g/mol. The molecule has 0 aliphatic rings. The first-order valence-corrected chi connectivity index (χ1v) is 13.4. The van der Waals surface area contributed by atoms with Gasteiger partial charge in [-0.1, -0.05) is 49.4 Å². The Hall–Kier alpha value is -3.98. The van der Waals surface area contributed by atoms with Crippen LogP contribution in [0.1, 0.15) is 29.8 Å². The van der Waals surface area contributed by atoms with Gasteiger partial charge in [-0.3, -0.25) is 14.6 Å². The van der Waals surface area contributed by atoms with Gasteiger partial charge in [0.1, 0.15) is 0 Å². The fraction of sp³-hybridized carbons (Fsp3) is 0.269. The Kier molecular flexibility index (Phi) is 9.13. The number of aliphatic hydroxyl groups is 1. The second kappa shape index (κ2) is 11.9. The van der Waals surface area contributed by atoms with Crippen molar-refractivity contribution in [1.29, 1.82) is 0 Å². The number of nitrogens with one attached hydrogen (secondary N) is 2. The zero-order valence-electron chi connectivity index (χ0n) is 21.1. The molecule has 8 nitrogen and oxygen atoms in total. The number of nitrogens with zero attached hydrogens (tertiary/aromatic N) is 1. The molecule has 0 saturated carbocycles. The van der Waals surface area contributed by atoms with E-state index in [2.05, 4.69) is 15.6 Å². The first-order valence-electron chi connectivity index (χ1n) is 11.8. The maximum absolute atomic E-state index is 13.2. The van der Waals surface area contributed by atoms with Crippen LogP contribution in [0.2, 0.25) is 0 Å². The fourth-order valence-electron chi connectivity index (χ4n) is 3.68. The van der Waals surface area contributed by atoms with Crippen LogP contribution < -0.4 is 10.6 Å². The molecule has 1 aromatic heterocycles. The van der Waals surface area contributed by atoms with E-state index >= 15 is 0 Å². The molecule has 15 heteroatoms. The third kappa shape index (κ3) is 7.03. The number of carbonyl (C=O) groups is 2. The first-order chi connectivity index (χ1) is 19.0. The topological polar surface area (TPSA) is 125 Å². The number of hydrogen-bond acceptors (Lipinski definition) is 6. The van der Waals surface area contributed by atoms with Gasteiger partial charge in [0, 0.05) is 17.4 Å². The summed E-state index contributed by atoms with van der Waals surface area (Å²) in [7, 11) is -3.64. The van der Waals surface area contributed by atoms with E-state index in [1.54, 1.807) is 30.3 Å². The largest absolute Gasteiger partial charge is 0.430 e. The predicted molar refractivity (Wildman–Crippen MR) is 134 cm³/mol. The van der Waals surface area contributed by atoms with Gasteiger partial charge in [-0.2, -0.15) is 26.3 Å². The van der Waals surface area contributed by atoms with Crippen molar-refractivity contribution in [2.45, 2.75) is 42.2 Å². The number of benzene rings is 2. The Labute approximate surface area is 230 Å². The minimum Gasteiger partial charge on any atom is -0.369 e. The molecule has 0 saturated heterocycles. The van der Waals surface area contributed by atoms with Crippen LogP contribution in [0.3, 0.4) is 0 Å². The van der Waals surface area contributed by atoms with Crippen LogP contribution in [0.5, 0.6) is 0 Å². The average Bonchev–Trinajstić information content (AvgIpc) is 2.91. The van der Waals surface area contributed by atoms with E-state index in [4.69, 9.17) is 0 Å². The lowest BCUT2D eigenvalue weighted by Gasteiger charge is -2.32. The van der Waals surface area contributed by atoms with Gasteiger partial charge in [-0.15, -0.1) is 0 Å². The third-order valence-corrected chi connectivity index (χ3v) is 7.68. The lowest BCUT2D eigenvalue weighted by molar-refractivity contribution is -0.376. The van der Waals surface area contributed by atoms with Crippen LogP contribution in [0.15, 0.2) is 77.8 Å². The lowest BCUT2D eigenvalue weighted by Crippen LogP contribution is -2.53. The normalized spacial score (nSPS) is 13.4. The maximum Gasteiger partial charge on any atom is 0.430 e. The Morgan fingerprint density at radius 3 is 1.98 bits per heavy atom. The zero-order valence-corrected chi connectivity index (χ0v) is 21.9. The van der Waals surface area contributed by atoms with Crippen molar-refractivity contribution < 1.29 is 49.5 Å². The number of rotatable bonds is 9. The molecule has 2 aromatic carbocycles. The van der Waals surface area contributed by atoms with Gasteiger partial charge in [0.2, 0.25) is 5.91 Å². The molecular weight excluding hydrogens is 580 g/mol. The molecule has 41 heavy (non-hydrogen) atoms. The second-order valence-corrected chi connectivity index (χ2v) is 11.0. The van der Waals surface area contributed by atoms with E-state index in [0.717, 1.165) is 6.20 Å². The molecule has 1 heterocycles. The summed E-state index contributed by atoms with van der Waals surface area (Å²) < 4.78 is 103. The van der Waals surface area contributed by atoms with Crippen molar-refractivity contribution in [2.24, 2.45) is 0 Å². The van der Waals surface area contributed by atoms with Crippen molar-refractivity contribution in [1.82, 2.24) is 10.3 Å². The van der Waals surface area contributed by atoms with Crippen LogP contribution in [-0.2, 0) is 31.4 Å². The van der Waals surface area contributed by atoms with E-state index in [0.29, 0.717) is 29.8 Å². The van der Waals surface area contributed by atoms with E-state index in [-0.39, 0.29) is 28.5 Å². The molecule has 0 aliphatic heterocycles.